The Morgan fingerprint density at radius 1 is 1.21 bits per heavy atom. The summed E-state index contributed by atoms with van der Waals surface area (Å²) in [6.07, 6.45) is 2.35. The van der Waals surface area contributed by atoms with Crippen LogP contribution < -0.4 is 5.46 Å². The summed E-state index contributed by atoms with van der Waals surface area (Å²) in [4.78, 5) is 0. The van der Waals surface area contributed by atoms with Gasteiger partial charge in [-0.05, 0) is 57.3 Å². The van der Waals surface area contributed by atoms with Gasteiger partial charge in [-0.2, -0.15) is 0 Å². The summed E-state index contributed by atoms with van der Waals surface area (Å²) < 4.78 is 25.3. The molecule has 0 aromatic heterocycles. The number of halogens is 1. The maximum absolute atomic E-state index is 13.3. The molecule has 0 bridgehead atoms. The zero-order chi connectivity index (χ0) is 14.3. The van der Waals surface area contributed by atoms with Crippen molar-refractivity contribution >= 4 is 12.6 Å². The third kappa shape index (κ3) is 2.60. The third-order valence-corrected chi connectivity index (χ3v) is 3.98. The van der Waals surface area contributed by atoms with Gasteiger partial charge in [-0.25, -0.2) is 4.39 Å². The van der Waals surface area contributed by atoms with Crippen molar-refractivity contribution < 1.29 is 13.7 Å². The normalized spacial score (nSPS) is 20.6. The number of allylic oxidation sites excluding steroid dienone is 1. The largest absolute Gasteiger partial charge is 0.495 e. The molecule has 0 aliphatic carbocycles. The molecule has 1 aromatic carbocycles. The number of hydrogen-bond donors (Lipinski definition) is 0. The first-order valence-corrected chi connectivity index (χ1v) is 6.52. The average Bonchev–Trinajstić information content (AvgIpc) is 2.48. The molecular formula is C15H20BFO2. The monoisotopic (exact) mass is 262 g/mol. The Morgan fingerprint density at radius 3 is 2.32 bits per heavy atom. The van der Waals surface area contributed by atoms with Gasteiger partial charge in [-0.15, -0.1) is 6.58 Å². The third-order valence-electron chi connectivity index (χ3n) is 3.98. The Kier molecular flexibility index (Phi) is 3.58. The molecular weight excluding hydrogens is 242 g/mol. The highest BCUT2D eigenvalue weighted by Crippen LogP contribution is 2.36. The molecule has 0 saturated carbocycles. The molecule has 0 amide bonds. The van der Waals surface area contributed by atoms with Crippen molar-refractivity contribution in [3.8, 4) is 0 Å². The molecule has 2 nitrogen and oxygen atoms in total. The Balaban J connectivity index is 2.36. The Morgan fingerprint density at radius 2 is 1.79 bits per heavy atom. The van der Waals surface area contributed by atoms with Crippen molar-refractivity contribution in [2.24, 2.45) is 0 Å². The van der Waals surface area contributed by atoms with E-state index in [1.165, 1.54) is 12.1 Å². The SMILES string of the molecule is C=CCc1cc(F)ccc1B1OC(C)(C)C(C)(C)O1. The summed E-state index contributed by atoms with van der Waals surface area (Å²) in [7, 11) is -0.458. The van der Waals surface area contributed by atoms with E-state index in [0.717, 1.165) is 11.0 Å². The quantitative estimate of drug-likeness (QED) is 0.616. The zero-order valence-corrected chi connectivity index (χ0v) is 12.0. The lowest BCUT2D eigenvalue weighted by atomic mass is 9.75. The fourth-order valence-electron chi connectivity index (χ4n) is 2.11. The summed E-state index contributed by atoms with van der Waals surface area (Å²) in [5.41, 5.74) is 0.947. The van der Waals surface area contributed by atoms with Crippen molar-refractivity contribution in [2.75, 3.05) is 0 Å². The first kappa shape index (κ1) is 14.3. The molecule has 1 saturated heterocycles. The predicted molar refractivity (Wildman–Crippen MR) is 76.0 cm³/mol. The van der Waals surface area contributed by atoms with Crippen molar-refractivity contribution in [1.82, 2.24) is 0 Å². The van der Waals surface area contributed by atoms with Crippen LogP contribution in [-0.4, -0.2) is 18.3 Å². The second kappa shape index (κ2) is 4.76. The molecule has 1 fully saturated rings. The van der Waals surface area contributed by atoms with Gasteiger partial charge in [-0.3, -0.25) is 0 Å². The molecule has 1 aliphatic heterocycles. The van der Waals surface area contributed by atoms with E-state index >= 15 is 0 Å². The van der Waals surface area contributed by atoms with Crippen LogP contribution in [0, 0.1) is 5.82 Å². The highest BCUT2D eigenvalue weighted by atomic mass is 19.1. The van der Waals surface area contributed by atoms with Crippen LogP contribution in [0.1, 0.15) is 33.3 Å². The van der Waals surface area contributed by atoms with Gasteiger partial charge in [0.25, 0.3) is 0 Å². The fraction of sp³-hybridized carbons (Fsp3) is 0.467. The first-order chi connectivity index (χ1) is 8.77. The average molecular weight is 262 g/mol. The highest BCUT2D eigenvalue weighted by Gasteiger charge is 2.52. The lowest BCUT2D eigenvalue weighted by Crippen LogP contribution is -2.41. The van der Waals surface area contributed by atoms with Gasteiger partial charge in [0.05, 0.1) is 11.2 Å². The van der Waals surface area contributed by atoms with Crippen molar-refractivity contribution in [1.29, 1.82) is 0 Å². The molecule has 0 N–H and O–H groups in total. The minimum Gasteiger partial charge on any atom is -0.399 e. The van der Waals surface area contributed by atoms with Crippen molar-refractivity contribution in [2.45, 2.75) is 45.3 Å². The van der Waals surface area contributed by atoms with E-state index in [1.807, 2.05) is 27.7 Å². The summed E-state index contributed by atoms with van der Waals surface area (Å²) >= 11 is 0. The van der Waals surface area contributed by atoms with Crippen LogP contribution in [0.25, 0.3) is 0 Å². The summed E-state index contributed by atoms with van der Waals surface area (Å²) in [5.74, 6) is -0.253. The minimum absolute atomic E-state index is 0.253. The maximum atomic E-state index is 13.3. The Hall–Kier alpha value is -1.13. The van der Waals surface area contributed by atoms with E-state index in [2.05, 4.69) is 6.58 Å². The van der Waals surface area contributed by atoms with E-state index in [0.29, 0.717) is 6.42 Å². The lowest BCUT2D eigenvalue weighted by molar-refractivity contribution is 0.00578. The van der Waals surface area contributed by atoms with Gasteiger partial charge in [0, 0.05) is 0 Å². The van der Waals surface area contributed by atoms with Gasteiger partial charge < -0.3 is 9.31 Å². The van der Waals surface area contributed by atoms with Crippen LogP contribution in [0.2, 0.25) is 0 Å². The summed E-state index contributed by atoms with van der Waals surface area (Å²) in [6.45, 7) is 11.7. The summed E-state index contributed by atoms with van der Waals surface area (Å²) in [6, 6.07) is 4.69. The Labute approximate surface area is 114 Å². The summed E-state index contributed by atoms with van der Waals surface area (Å²) in [5, 5.41) is 0. The van der Waals surface area contributed by atoms with Gasteiger partial charge >= 0.3 is 7.12 Å². The molecule has 2 rings (SSSR count). The lowest BCUT2D eigenvalue weighted by Gasteiger charge is -2.32. The van der Waals surface area contributed by atoms with E-state index < -0.39 is 18.3 Å². The van der Waals surface area contributed by atoms with Crippen molar-refractivity contribution in [3.63, 3.8) is 0 Å². The number of rotatable bonds is 3. The fourth-order valence-corrected chi connectivity index (χ4v) is 2.11. The Bertz CT molecular complexity index is 481. The molecule has 1 aromatic rings. The van der Waals surface area contributed by atoms with Gasteiger partial charge in [0.15, 0.2) is 0 Å². The van der Waals surface area contributed by atoms with Crippen LogP contribution in [0.4, 0.5) is 4.39 Å². The van der Waals surface area contributed by atoms with E-state index in [9.17, 15) is 4.39 Å². The minimum atomic E-state index is -0.458. The van der Waals surface area contributed by atoms with Crippen LogP contribution in [-0.2, 0) is 15.7 Å². The van der Waals surface area contributed by atoms with Crippen LogP contribution in [0.5, 0.6) is 0 Å². The molecule has 4 heteroatoms. The molecule has 19 heavy (non-hydrogen) atoms. The predicted octanol–water partition coefficient (Wildman–Crippen LogP) is 2.85. The molecule has 0 unspecified atom stereocenters. The van der Waals surface area contributed by atoms with Crippen molar-refractivity contribution in [3.05, 3.63) is 42.2 Å². The molecule has 0 spiro atoms. The van der Waals surface area contributed by atoms with Gasteiger partial charge in [0.2, 0.25) is 0 Å². The second-order valence-electron chi connectivity index (χ2n) is 5.92. The van der Waals surface area contributed by atoms with Crippen LogP contribution >= 0.6 is 0 Å². The van der Waals surface area contributed by atoms with E-state index in [4.69, 9.17) is 9.31 Å². The zero-order valence-electron chi connectivity index (χ0n) is 12.0. The smallest absolute Gasteiger partial charge is 0.399 e. The number of hydrogen-bond acceptors (Lipinski definition) is 2. The molecule has 0 atom stereocenters. The van der Waals surface area contributed by atoms with Gasteiger partial charge in [0.1, 0.15) is 5.82 Å². The topological polar surface area (TPSA) is 18.5 Å². The molecule has 1 aliphatic rings. The van der Waals surface area contributed by atoms with E-state index in [-0.39, 0.29) is 5.82 Å². The van der Waals surface area contributed by atoms with Crippen LogP contribution in [0.15, 0.2) is 30.9 Å². The molecule has 1 heterocycles. The molecule has 102 valence electrons. The molecule has 0 radical (unpaired) electrons. The standard InChI is InChI=1S/C15H20BFO2/c1-6-7-11-10-12(17)8-9-13(11)16-18-14(2,3)15(4,5)19-16/h6,8-10H,1,7H2,2-5H3. The van der Waals surface area contributed by atoms with Gasteiger partial charge in [-0.1, -0.05) is 12.1 Å². The first-order valence-electron chi connectivity index (χ1n) is 6.52. The maximum Gasteiger partial charge on any atom is 0.495 e. The second-order valence-corrected chi connectivity index (χ2v) is 5.92. The highest BCUT2D eigenvalue weighted by molar-refractivity contribution is 6.62. The van der Waals surface area contributed by atoms with E-state index in [1.54, 1.807) is 12.1 Å². The number of benzene rings is 1. The van der Waals surface area contributed by atoms with Crippen LogP contribution in [0.3, 0.4) is 0 Å².